The molecule has 84 valence electrons. The maximum Gasteiger partial charge on any atom is 0.226 e. The molecule has 1 saturated carbocycles. The van der Waals surface area contributed by atoms with Gasteiger partial charge in [-0.15, -0.1) is 0 Å². The van der Waals surface area contributed by atoms with Crippen LogP contribution in [0.25, 0.3) is 0 Å². The van der Waals surface area contributed by atoms with Crippen molar-refractivity contribution in [3.63, 3.8) is 0 Å². The van der Waals surface area contributed by atoms with Gasteiger partial charge in [-0.25, -0.2) is 0 Å². The van der Waals surface area contributed by atoms with Gasteiger partial charge < -0.3 is 5.32 Å². The molecule has 1 aliphatic heterocycles. The fourth-order valence-corrected chi connectivity index (χ4v) is 3.09. The standard InChI is InChI=1S/C14H17NO/c1-10-3-5-11(6-4-10)12-9-15-13(16)14(12)7-2-8-14/h3-6,12H,2,7-9H2,1H3,(H,15,16)/t12-/m1/s1. The molecule has 1 N–H and O–H groups in total. The molecule has 1 aromatic carbocycles. The van der Waals surface area contributed by atoms with Crippen LogP contribution in [0.1, 0.15) is 36.3 Å². The van der Waals surface area contributed by atoms with E-state index in [1.54, 1.807) is 0 Å². The van der Waals surface area contributed by atoms with Crippen LogP contribution in [0.2, 0.25) is 0 Å². The zero-order valence-electron chi connectivity index (χ0n) is 9.62. The number of amides is 1. The molecule has 1 saturated heterocycles. The topological polar surface area (TPSA) is 29.1 Å². The van der Waals surface area contributed by atoms with Gasteiger partial charge in [-0.2, -0.15) is 0 Å². The number of benzene rings is 1. The summed E-state index contributed by atoms with van der Waals surface area (Å²) in [6.45, 7) is 2.92. The van der Waals surface area contributed by atoms with Crippen LogP contribution in [0, 0.1) is 12.3 Å². The fraction of sp³-hybridized carbons (Fsp3) is 0.500. The normalized spacial score (nSPS) is 26.6. The van der Waals surface area contributed by atoms with Crippen LogP contribution in [0.15, 0.2) is 24.3 Å². The van der Waals surface area contributed by atoms with Crippen molar-refractivity contribution in [3.8, 4) is 0 Å². The van der Waals surface area contributed by atoms with Gasteiger partial charge in [0.1, 0.15) is 0 Å². The highest BCUT2D eigenvalue weighted by molar-refractivity contribution is 5.87. The SMILES string of the molecule is Cc1ccc([C@H]2CNC(=O)C23CCC3)cc1. The Morgan fingerprint density at radius 2 is 1.94 bits per heavy atom. The Morgan fingerprint density at radius 1 is 1.25 bits per heavy atom. The largest absolute Gasteiger partial charge is 0.355 e. The van der Waals surface area contributed by atoms with Gasteiger partial charge in [-0.3, -0.25) is 4.79 Å². The predicted molar refractivity (Wildman–Crippen MR) is 63.2 cm³/mol. The van der Waals surface area contributed by atoms with E-state index in [1.165, 1.54) is 17.5 Å². The lowest BCUT2D eigenvalue weighted by molar-refractivity contribution is -0.132. The van der Waals surface area contributed by atoms with E-state index in [-0.39, 0.29) is 11.3 Å². The molecule has 0 bridgehead atoms. The van der Waals surface area contributed by atoms with E-state index in [1.807, 2.05) is 0 Å². The summed E-state index contributed by atoms with van der Waals surface area (Å²) in [5.74, 6) is 0.679. The van der Waals surface area contributed by atoms with Gasteiger partial charge in [0.15, 0.2) is 0 Å². The van der Waals surface area contributed by atoms with Gasteiger partial charge in [0.25, 0.3) is 0 Å². The summed E-state index contributed by atoms with van der Waals surface area (Å²) in [5.41, 5.74) is 2.54. The first-order valence-electron chi connectivity index (χ1n) is 6.07. The maximum absolute atomic E-state index is 11.9. The molecule has 2 aliphatic rings. The summed E-state index contributed by atoms with van der Waals surface area (Å²) in [7, 11) is 0. The molecule has 1 aliphatic carbocycles. The Labute approximate surface area is 96.1 Å². The highest BCUT2D eigenvalue weighted by Crippen LogP contribution is 2.53. The van der Waals surface area contributed by atoms with Crippen molar-refractivity contribution >= 4 is 5.91 Å². The van der Waals surface area contributed by atoms with Crippen LogP contribution >= 0.6 is 0 Å². The van der Waals surface area contributed by atoms with Gasteiger partial charge in [-0.1, -0.05) is 36.2 Å². The average Bonchev–Trinajstić information content (AvgIpc) is 2.56. The summed E-state index contributed by atoms with van der Waals surface area (Å²) in [4.78, 5) is 11.9. The first-order chi connectivity index (χ1) is 7.72. The van der Waals surface area contributed by atoms with Crippen molar-refractivity contribution in [2.24, 2.45) is 5.41 Å². The van der Waals surface area contributed by atoms with Crippen LogP contribution in [0.5, 0.6) is 0 Å². The third-order valence-electron chi connectivity index (χ3n) is 4.31. The van der Waals surface area contributed by atoms with E-state index in [0.717, 1.165) is 19.4 Å². The zero-order chi connectivity index (χ0) is 11.2. The highest BCUT2D eigenvalue weighted by atomic mass is 16.2. The summed E-state index contributed by atoms with van der Waals surface area (Å²) >= 11 is 0. The molecule has 0 aromatic heterocycles. The second-order valence-corrected chi connectivity index (χ2v) is 5.18. The molecule has 1 heterocycles. The first-order valence-corrected chi connectivity index (χ1v) is 6.07. The van der Waals surface area contributed by atoms with E-state index in [0.29, 0.717) is 5.92 Å². The number of carbonyl (C=O) groups excluding carboxylic acids is 1. The van der Waals surface area contributed by atoms with Crippen molar-refractivity contribution in [1.82, 2.24) is 5.32 Å². The van der Waals surface area contributed by atoms with Crippen LogP contribution < -0.4 is 5.32 Å². The molecule has 1 aromatic rings. The predicted octanol–water partition coefficient (Wildman–Crippen LogP) is 2.38. The minimum atomic E-state index is -0.0603. The monoisotopic (exact) mass is 215 g/mol. The molecule has 2 fully saturated rings. The lowest BCUT2D eigenvalue weighted by Crippen LogP contribution is -2.40. The molecule has 3 rings (SSSR count). The number of hydrogen-bond acceptors (Lipinski definition) is 1. The molecule has 0 unspecified atom stereocenters. The van der Waals surface area contributed by atoms with Gasteiger partial charge in [0.05, 0.1) is 5.41 Å². The molecule has 0 radical (unpaired) electrons. The second-order valence-electron chi connectivity index (χ2n) is 5.18. The van der Waals surface area contributed by atoms with Crippen LogP contribution in [-0.4, -0.2) is 12.5 Å². The summed E-state index contributed by atoms with van der Waals surface area (Å²) < 4.78 is 0. The Bertz CT molecular complexity index is 417. The fourth-order valence-electron chi connectivity index (χ4n) is 3.09. The third-order valence-corrected chi connectivity index (χ3v) is 4.31. The molecular formula is C14H17NO. The minimum absolute atomic E-state index is 0.0603. The van der Waals surface area contributed by atoms with E-state index in [9.17, 15) is 4.79 Å². The molecular weight excluding hydrogens is 198 g/mol. The number of nitrogens with one attached hydrogen (secondary N) is 1. The lowest BCUT2D eigenvalue weighted by Gasteiger charge is -2.40. The van der Waals surface area contributed by atoms with E-state index >= 15 is 0 Å². The number of carbonyl (C=O) groups is 1. The second kappa shape index (κ2) is 3.34. The number of rotatable bonds is 1. The van der Waals surface area contributed by atoms with Crippen LogP contribution in [0.3, 0.4) is 0 Å². The average molecular weight is 215 g/mol. The van der Waals surface area contributed by atoms with Crippen molar-refractivity contribution < 1.29 is 4.79 Å². The van der Waals surface area contributed by atoms with Gasteiger partial charge in [0, 0.05) is 12.5 Å². The number of aryl methyl sites for hydroxylation is 1. The highest BCUT2D eigenvalue weighted by Gasteiger charge is 2.54. The Balaban J connectivity index is 1.95. The zero-order valence-corrected chi connectivity index (χ0v) is 9.62. The van der Waals surface area contributed by atoms with E-state index in [4.69, 9.17) is 0 Å². The summed E-state index contributed by atoms with van der Waals surface area (Å²) in [6.07, 6.45) is 3.34. The maximum atomic E-state index is 11.9. The van der Waals surface area contributed by atoms with Crippen molar-refractivity contribution in [3.05, 3.63) is 35.4 Å². The molecule has 1 atom stereocenters. The smallest absolute Gasteiger partial charge is 0.226 e. The van der Waals surface area contributed by atoms with E-state index in [2.05, 4.69) is 36.5 Å². The first kappa shape index (κ1) is 9.88. The third kappa shape index (κ3) is 1.22. The number of hydrogen-bond donors (Lipinski definition) is 1. The van der Waals surface area contributed by atoms with Crippen LogP contribution in [-0.2, 0) is 4.79 Å². The van der Waals surface area contributed by atoms with Gasteiger partial charge >= 0.3 is 0 Å². The van der Waals surface area contributed by atoms with Crippen molar-refractivity contribution in [2.75, 3.05) is 6.54 Å². The molecule has 2 heteroatoms. The molecule has 1 spiro atoms. The van der Waals surface area contributed by atoms with Crippen molar-refractivity contribution in [2.45, 2.75) is 32.1 Å². The Hall–Kier alpha value is -1.31. The minimum Gasteiger partial charge on any atom is -0.355 e. The van der Waals surface area contributed by atoms with Crippen molar-refractivity contribution in [1.29, 1.82) is 0 Å². The summed E-state index contributed by atoms with van der Waals surface area (Å²) in [6, 6.07) is 8.65. The molecule has 2 nitrogen and oxygen atoms in total. The quantitative estimate of drug-likeness (QED) is 0.765. The van der Waals surface area contributed by atoms with Gasteiger partial charge in [0.2, 0.25) is 5.91 Å². The lowest BCUT2D eigenvalue weighted by atomic mass is 9.61. The van der Waals surface area contributed by atoms with E-state index < -0.39 is 0 Å². The summed E-state index contributed by atoms with van der Waals surface area (Å²) in [5, 5.41) is 3.04. The molecule has 1 amide bonds. The Kier molecular flexibility index (Phi) is 2.06. The van der Waals surface area contributed by atoms with Gasteiger partial charge in [-0.05, 0) is 25.3 Å². The molecule has 16 heavy (non-hydrogen) atoms. The Morgan fingerprint density at radius 3 is 2.50 bits per heavy atom. The van der Waals surface area contributed by atoms with Crippen LogP contribution in [0.4, 0.5) is 0 Å².